The molecule has 158 valence electrons. The molecule has 1 aliphatic heterocycles. The van der Waals surface area contributed by atoms with Gasteiger partial charge in [-0.3, -0.25) is 9.69 Å². The number of carboxylic acids is 1. The van der Waals surface area contributed by atoms with Crippen LogP contribution in [0.3, 0.4) is 0 Å². The Balaban J connectivity index is 1.51. The lowest BCUT2D eigenvalue weighted by Crippen LogP contribution is -2.27. The highest BCUT2D eigenvalue weighted by Gasteiger charge is 2.33. The third-order valence-corrected chi connectivity index (χ3v) is 6.41. The number of carbonyl (C=O) groups is 2. The van der Waals surface area contributed by atoms with E-state index in [2.05, 4.69) is 0 Å². The van der Waals surface area contributed by atoms with Gasteiger partial charge in [-0.05, 0) is 36.4 Å². The fourth-order valence-electron chi connectivity index (χ4n) is 3.68. The van der Waals surface area contributed by atoms with Crippen molar-refractivity contribution in [3.05, 3.63) is 94.9 Å². The van der Waals surface area contributed by atoms with Gasteiger partial charge in [-0.1, -0.05) is 60.4 Å². The molecule has 5 rings (SSSR count). The number of hydrogen-bond donors (Lipinski definition) is 1. The normalized spacial score (nSPS) is 15.2. The molecule has 0 saturated carbocycles. The Morgan fingerprint density at radius 3 is 2.56 bits per heavy atom. The smallest absolute Gasteiger partial charge is 0.371 e. The maximum absolute atomic E-state index is 13.1. The molecule has 3 heterocycles. The molecule has 0 atom stereocenters. The van der Waals surface area contributed by atoms with Crippen molar-refractivity contribution in [2.24, 2.45) is 0 Å². The molecule has 1 amide bonds. The second-order valence-corrected chi connectivity index (χ2v) is 8.83. The molecule has 2 aromatic carbocycles. The molecular weight excluding hydrogens is 444 g/mol. The summed E-state index contributed by atoms with van der Waals surface area (Å²) >= 11 is 6.74. The Morgan fingerprint density at radius 1 is 1.06 bits per heavy atom. The van der Waals surface area contributed by atoms with Gasteiger partial charge in [0.15, 0.2) is 4.32 Å². The average molecular weight is 461 g/mol. The van der Waals surface area contributed by atoms with E-state index >= 15 is 0 Å². The fraction of sp³-hybridized carbons (Fsp3) is 0.0417. The van der Waals surface area contributed by atoms with E-state index in [4.69, 9.17) is 21.7 Å². The third kappa shape index (κ3) is 3.63. The van der Waals surface area contributed by atoms with Crippen LogP contribution >= 0.6 is 24.0 Å². The number of thioether (sulfide) groups is 1. The molecule has 4 aromatic rings. The van der Waals surface area contributed by atoms with Gasteiger partial charge < -0.3 is 14.1 Å². The van der Waals surface area contributed by atoms with Gasteiger partial charge in [0.25, 0.3) is 5.91 Å². The predicted molar refractivity (Wildman–Crippen MR) is 129 cm³/mol. The maximum Gasteiger partial charge on any atom is 0.371 e. The minimum absolute atomic E-state index is 0.0960. The molecule has 2 aromatic heterocycles. The number of nitrogens with zero attached hydrogens (tertiary/aromatic N) is 2. The highest BCUT2D eigenvalue weighted by atomic mass is 32.2. The molecule has 6 nitrogen and oxygen atoms in total. The largest absolute Gasteiger partial charge is 0.475 e. The van der Waals surface area contributed by atoms with Gasteiger partial charge in [-0.25, -0.2) is 4.79 Å². The summed E-state index contributed by atoms with van der Waals surface area (Å²) in [6, 6.07) is 20.3. The number of amides is 1. The number of benzene rings is 2. The first-order valence-electron chi connectivity index (χ1n) is 9.74. The number of rotatable bonds is 5. The summed E-state index contributed by atoms with van der Waals surface area (Å²) < 4.78 is 7.89. The summed E-state index contributed by atoms with van der Waals surface area (Å²) in [5.41, 5.74) is 2.57. The molecule has 8 heteroatoms. The van der Waals surface area contributed by atoms with Crippen LogP contribution in [-0.4, -0.2) is 25.9 Å². The monoisotopic (exact) mass is 460 g/mol. The van der Waals surface area contributed by atoms with Crippen molar-refractivity contribution in [1.29, 1.82) is 0 Å². The Kier molecular flexibility index (Phi) is 5.16. The quantitative estimate of drug-likeness (QED) is 0.318. The van der Waals surface area contributed by atoms with Crippen LogP contribution < -0.4 is 4.90 Å². The van der Waals surface area contributed by atoms with E-state index < -0.39 is 5.97 Å². The zero-order valence-corrected chi connectivity index (χ0v) is 18.2. The van der Waals surface area contributed by atoms with E-state index in [0.29, 0.717) is 21.5 Å². The van der Waals surface area contributed by atoms with E-state index in [1.807, 2.05) is 71.4 Å². The second kappa shape index (κ2) is 8.14. The lowest BCUT2D eigenvalue weighted by molar-refractivity contribution is -0.113. The number of para-hydroxylation sites is 2. The van der Waals surface area contributed by atoms with Crippen molar-refractivity contribution >= 4 is 62.8 Å². The molecule has 1 saturated heterocycles. The molecule has 0 radical (unpaired) electrons. The van der Waals surface area contributed by atoms with Crippen molar-refractivity contribution in [3.8, 4) is 0 Å². The standard InChI is InChI=1S/C24H16N2O4S2/c27-22-21(32-24(31)26(22)16-6-2-1-3-7-16)12-15-13-25(19-9-5-4-8-18(15)19)14-17-10-11-20(30-17)23(28)29/h1-13H,14H2,(H,28,29)/b21-12-. The maximum atomic E-state index is 13.1. The summed E-state index contributed by atoms with van der Waals surface area (Å²) in [7, 11) is 0. The number of fused-ring (bicyclic) bond motifs is 1. The van der Waals surface area contributed by atoms with Crippen LogP contribution in [0.5, 0.6) is 0 Å². The zero-order valence-electron chi connectivity index (χ0n) is 16.6. The van der Waals surface area contributed by atoms with Crippen LogP contribution in [0, 0.1) is 0 Å². The molecule has 32 heavy (non-hydrogen) atoms. The van der Waals surface area contributed by atoms with Gasteiger partial charge in [0.05, 0.1) is 17.1 Å². The molecule has 1 aliphatic rings. The summed E-state index contributed by atoms with van der Waals surface area (Å²) in [5, 5.41) is 10.1. The molecule has 1 fully saturated rings. The fourth-order valence-corrected chi connectivity index (χ4v) is 4.97. The molecule has 0 spiro atoms. The van der Waals surface area contributed by atoms with Gasteiger partial charge in [0.1, 0.15) is 5.76 Å². The van der Waals surface area contributed by atoms with Crippen LogP contribution in [0.15, 0.2) is 82.2 Å². The lowest BCUT2D eigenvalue weighted by atomic mass is 10.1. The lowest BCUT2D eigenvalue weighted by Gasteiger charge is -2.13. The topological polar surface area (TPSA) is 75.7 Å². The number of aromatic nitrogens is 1. The van der Waals surface area contributed by atoms with Gasteiger partial charge >= 0.3 is 5.97 Å². The first kappa shape index (κ1) is 20.3. The van der Waals surface area contributed by atoms with Crippen LogP contribution in [0.2, 0.25) is 0 Å². The van der Waals surface area contributed by atoms with Gasteiger partial charge in [0.2, 0.25) is 5.76 Å². The first-order chi connectivity index (χ1) is 15.5. The molecule has 1 N–H and O–H groups in total. The molecule has 0 aliphatic carbocycles. The Labute approximate surface area is 192 Å². The number of carboxylic acid groups (broad SMARTS) is 1. The van der Waals surface area contributed by atoms with E-state index in [1.54, 1.807) is 11.0 Å². The van der Waals surface area contributed by atoms with Crippen LogP contribution in [0.25, 0.3) is 17.0 Å². The predicted octanol–water partition coefficient (Wildman–Crippen LogP) is 5.39. The molecule has 0 bridgehead atoms. The van der Waals surface area contributed by atoms with Crippen molar-refractivity contribution in [2.45, 2.75) is 6.54 Å². The van der Waals surface area contributed by atoms with E-state index in [9.17, 15) is 9.59 Å². The van der Waals surface area contributed by atoms with E-state index in [0.717, 1.165) is 22.2 Å². The number of thiocarbonyl (C=S) groups is 1. The SMILES string of the molecule is O=C(O)c1ccc(Cn2cc(/C=C3\SC(=S)N(c4ccccc4)C3=O)c3ccccc32)o1. The van der Waals surface area contributed by atoms with Crippen molar-refractivity contribution in [3.63, 3.8) is 0 Å². The van der Waals surface area contributed by atoms with Gasteiger partial charge in [-0.2, -0.15) is 0 Å². The first-order valence-corrected chi connectivity index (χ1v) is 11.0. The summed E-state index contributed by atoms with van der Waals surface area (Å²) in [6.45, 7) is 0.368. The van der Waals surface area contributed by atoms with Crippen molar-refractivity contribution in [1.82, 2.24) is 4.57 Å². The minimum atomic E-state index is -1.10. The highest BCUT2D eigenvalue weighted by molar-refractivity contribution is 8.27. The second-order valence-electron chi connectivity index (χ2n) is 7.15. The number of furan rings is 1. The van der Waals surface area contributed by atoms with Crippen LogP contribution in [0.1, 0.15) is 21.9 Å². The Morgan fingerprint density at radius 2 is 1.81 bits per heavy atom. The Hall–Kier alpha value is -3.62. The highest BCUT2D eigenvalue weighted by Crippen LogP contribution is 2.37. The van der Waals surface area contributed by atoms with Crippen LogP contribution in [-0.2, 0) is 11.3 Å². The van der Waals surface area contributed by atoms with Gasteiger partial charge in [-0.15, -0.1) is 0 Å². The summed E-state index contributed by atoms with van der Waals surface area (Å²) in [6.07, 6.45) is 3.79. The zero-order chi connectivity index (χ0) is 22.2. The Bertz CT molecular complexity index is 1400. The minimum Gasteiger partial charge on any atom is -0.475 e. The third-order valence-electron chi connectivity index (χ3n) is 5.11. The van der Waals surface area contributed by atoms with Gasteiger partial charge in [0, 0.05) is 22.7 Å². The summed E-state index contributed by atoms with van der Waals surface area (Å²) in [4.78, 5) is 26.3. The molecule has 0 unspecified atom stereocenters. The van der Waals surface area contributed by atoms with Crippen molar-refractivity contribution < 1.29 is 19.1 Å². The average Bonchev–Trinajstić information content (AvgIpc) is 3.47. The van der Waals surface area contributed by atoms with Crippen LogP contribution in [0.4, 0.5) is 5.69 Å². The number of anilines is 1. The number of carbonyl (C=O) groups excluding carboxylic acids is 1. The number of aromatic carboxylic acids is 1. The van der Waals surface area contributed by atoms with E-state index in [1.165, 1.54) is 17.8 Å². The molecular formula is C24H16N2O4S2. The van der Waals surface area contributed by atoms with E-state index in [-0.39, 0.29) is 11.7 Å². The summed E-state index contributed by atoms with van der Waals surface area (Å²) in [5.74, 6) is -0.818. The number of hydrogen-bond acceptors (Lipinski definition) is 5. The van der Waals surface area contributed by atoms with Crippen molar-refractivity contribution in [2.75, 3.05) is 4.90 Å².